The van der Waals surface area contributed by atoms with E-state index in [4.69, 9.17) is 5.73 Å². The van der Waals surface area contributed by atoms with E-state index in [1.165, 1.54) is 5.56 Å². The number of carbonyl (C=O) groups is 1. The van der Waals surface area contributed by atoms with Crippen molar-refractivity contribution in [2.75, 3.05) is 26.2 Å². The number of nitrogens with one attached hydrogen (secondary N) is 1. The van der Waals surface area contributed by atoms with Crippen molar-refractivity contribution in [1.29, 1.82) is 0 Å². The number of amides is 1. The van der Waals surface area contributed by atoms with Crippen molar-refractivity contribution in [1.82, 2.24) is 10.2 Å². The van der Waals surface area contributed by atoms with Crippen LogP contribution in [0, 0.1) is 5.92 Å². The summed E-state index contributed by atoms with van der Waals surface area (Å²) in [4.78, 5) is 14.7. The highest BCUT2D eigenvalue weighted by molar-refractivity contribution is 5.94. The fourth-order valence-corrected chi connectivity index (χ4v) is 3.35. The van der Waals surface area contributed by atoms with Gasteiger partial charge in [0.1, 0.15) is 0 Å². The van der Waals surface area contributed by atoms with Gasteiger partial charge in [-0.25, -0.2) is 0 Å². The van der Waals surface area contributed by atoms with E-state index in [9.17, 15) is 4.79 Å². The third kappa shape index (κ3) is 5.84. The van der Waals surface area contributed by atoms with Crippen LogP contribution in [0.25, 0.3) is 0 Å². The highest BCUT2D eigenvalue weighted by Crippen LogP contribution is 2.16. The standard InChI is InChI=1S/C21H27N3O.ClH/c22-14-18-6-8-20(9-7-18)21(25)23-15-19-11-13-24(16-19)12-10-17-4-2-1-3-5-17;/h1-9,19H,10-16,22H2,(H,23,25);1H. The molecule has 4 nitrogen and oxygen atoms in total. The summed E-state index contributed by atoms with van der Waals surface area (Å²) in [7, 11) is 0. The lowest BCUT2D eigenvalue weighted by molar-refractivity contribution is 0.0947. The number of likely N-dealkylation sites (tertiary alicyclic amines) is 1. The predicted octanol–water partition coefficient (Wildman–Crippen LogP) is 2.86. The van der Waals surface area contributed by atoms with Crippen molar-refractivity contribution in [2.24, 2.45) is 11.7 Å². The van der Waals surface area contributed by atoms with Crippen LogP contribution in [0.3, 0.4) is 0 Å². The molecule has 1 heterocycles. The van der Waals surface area contributed by atoms with Crippen molar-refractivity contribution in [3.63, 3.8) is 0 Å². The Morgan fingerprint density at radius 3 is 2.50 bits per heavy atom. The SMILES string of the molecule is Cl.NCc1ccc(C(=O)NCC2CCN(CCc3ccccc3)C2)cc1. The minimum absolute atomic E-state index is 0. The summed E-state index contributed by atoms with van der Waals surface area (Å²) in [6, 6.07) is 18.1. The number of carbonyl (C=O) groups excluding carboxylic acids is 1. The minimum Gasteiger partial charge on any atom is -0.352 e. The van der Waals surface area contributed by atoms with E-state index in [1.54, 1.807) is 0 Å². The average Bonchev–Trinajstić information content (AvgIpc) is 3.13. The van der Waals surface area contributed by atoms with Crippen molar-refractivity contribution in [3.8, 4) is 0 Å². The van der Waals surface area contributed by atoms with Crippen LogP contribution in [0.1, 0.15) is 27.9 Å². The van der Waals surface area contributed by atoms with Crippen LogP contribution in [0.4, 0.5) is 0 Å². The lowest BCUT2D eigenvalue weighted by Crippen LogP contribution is -2.31. The second-order valence-corrected chi connectivity index (χ2v) is 6.80. The lowest BCUT2D eigenvalue weighted by atomic mass is 10.1. The number of hydrogen-bond acceptors (Lipinski definition) is 3. The Morgan fingerprint density at radius 1 is 1.08 bits per heavy atom. The second kappa shape index (κ2) is 10.3. The number of nitrogens with zero attached hydrogens (tertiary/aromatic N) is 1. The molecule has 3 rings (SSSR count). The second-order valence-electron chi connectivity index (χ2n) is 6.80. The van der Waals surface area contributed by atoms with Gasteiger partial charge in [0.25, 0.3) is 5.91 Å². The van der Waals surface area contributed by atoms with E-state index in [0.717, 1.165) is 44.6 Å². The third-order valence-corrected chi connectivity index (χ3v) is 4.93. The van der Waals surface area contributed by atoms with E-state index >= 15 is 0 Å². The van der Waals surface area contributed by atoms with E-state index in [-0.39, 0.29) is 18.3 Å². The van der Waals surface area contributed by atoms with Gasteiger partial charge in [0, 0.05) is 31.7 Å². The Morgan fingerprint density at radius 2 is 1.81 bits per heavy atom. The largest absolute Gasteiger partial charge is 0.352 e. The van der Waals surface area contributed by atoms with Crippen LogP contribution in [-0.4, -0.2) is 37.0 Å². The van der Waals surface area contributed by atoms with Crippen LogP contribution in [0.2, 0.25) is 0 Å². The Hall–Kier alpha value is -1.88. The first-order valence-electron chi connectivity index (χ1n) is 9.08. The third-order valence-electron chi connectivity index (χ3n) is 4.93. The molecule has 1 unspecified atom stereocenters. The molecule has 0 spiro atoms. The molecule has 0 aliphatic carbocycles. The summed E-state index contributed by atoms with van der Waals surface area (Å²) in [5.74, 6) is 0.550. The van der Waals surface area contributed by atoms with Gasteiger partial charge in [-0.3, -0.25) is 4.79 Å². The van der Waals surface area contributed by atoms with Gasteiger partial charge in [-0.15, -0.1) is 12.4 Å². The zero-order valence-corrected chi connectivity index (χ0v) is 15.9. The first-order chi connectivity index (χ1) is 12.2. The van der Waals surface area contributed by atoms with Gasteiger partial charge in [0.05, 0.1) is 0 Å². The normalized spacial score (nSPS) is 16.9. The van der Waals surface area contributed by atoms with E-state index < -0.39 is 0 Å². The average molecular weight is 374 g/mol. The van der Waals surface area contributed by atoms with Crippen molar-refractivity contribution >= 4 is 18.3 Å². The maximum atomic E-state index is 12.2. The Bertz CT molecular complexity index is 675. The molecule has 3 N–H and O–H groups in total. The number of benzene rings is 2. The molecule has 1 aliphatic rings. The van der Waals surface area contributed by atoms with Gasteiger partial charge in [0.15, 0.2) is 0 Å². The molecule has 0 aromatic heterocycles. The van der Waals surface area contributed by atoms with E-state index in [1.807, 2.05) is 24.3 Å². The molecular weight excluding hydrogens is 346 g/mol. The number of rotatable bonds is 7. The topological polar surface area (TPSA) is 58.4 Å². The summed E-state index contributed by atoms with van der Waals surface area (Å²) in [6.45, 7) is 4.54. The Balaban J connectivity index is 0.00000243. The van der Waals surface area contributed by atoms with Gasteiger partial charge < -0.3 is 16.0 Å². The lowest BCUT2D eigenvalue weighted by Gasteiger charge is -2.16. The molecule has 0 bridgehead atoms. The molecular formula is C21H28ClN3O. The van der Waals surface area contributed by atoms with Crippen molar-refractivity contribution in [2.45, 2.75) is 19.4 Å². The molecule has 0 radical (unpaired) electrons. The zero-order chi connectivity index (χ0) is 17.5. The van der Waals surface area contributed by atoms with Gasteiger partial charge in [-0.05, 0) is 48.6 Å². The molecule has 5 heteroatoms. The summed E-state index contributed by atoms with van der Waals surface area (Å²) in [5.41, 5.74) is 8.72. The molecule has 1 fully saturated rings. The predicted molar refractivity (Wildman–Crippen MR) is 109 cm³/mol. The van der Waals surface area contributed by atoms with Crippen LogP contribution in [0.5, 0.6) is 0 Å². The van der Waals surface area contributed by atoms with Crippen molar-refractivity contribution < 1.29 is 4.79 Å². The number of nitrogens with two attached hydrogens (primary N) is 1. The van der Waals surface area contributed by atoms with E-state index in [0.29, 0.717) is 18.0 Å². The molecule has 140 valence electrons. The molecule has 1 saturated heterocycles. The Kier molecular flexibility index (Phi) is 8.10. The zero-order valence-electron chi connectivity index (χ0n) is 15.1. The summed E-state index contributed by atoms with van der Waals surface area (Å²) < 4.78 is 0. The summed E-state index contributed by atoms with van der Waals surface area (Å²) in [6.07, 6.45) is 2.24. The highest BCUT2D eigenvalue weighted by atomic mass is 35.5. The monoisotopic (exact) mass is 373 g/mol. The van der Waals surface area contributed by atoms with E-state index in [2.05, 4.69) is 40.5 Å². The van der Waals surface area contributed by atoms with Crippen molar-refractivity contribution in [3.05, 3.63) is 71.3 Å². The van der Waals surface area contributed by atoms with Crippen LogP contribution in [-0.2, 0) is 13.0 Å². The molecule has 2 aromatic rings. The summed E-state index contributed by atoms with van der Waals surface area (Å²) >= 11 is 0. The molecule has 1 amide bonds. The maximum absolute atomic E-state index is 12.2. The van der Waals surface area contributed by atoms with Crippen LogP contribution in [0.15, 0.2) is 54.6 Å². The fraction of sp³-hybridized carbons (Fsp3) is 0.381. The molecule has 26 heavy (non-hydrogen) atoms. The Labute approximate surface area is 162 Å². The van der Waals surface area contributed by atoms with Gasteiger partial charge >= 0.3 is 0 Å². The molecule has 0 saturated carbocycles. The maximum Gasteiger partial charge on any atom is 0.251 e. The van der Waals surface area contributed by atoms with Gasteiger partial charge in [-0.2, -0.15) is 0 Å². The highest BCUT2D eigenvalue weighted by Gasteiger charge is 2.22. The first kappa shape index (κ1) is 20.4. The molecule has 2 aromatic carbocycles. The number of halogens is 1. The summed E-state index contributed by atoms with van der Waals surface area (Å²) in [5, 5.41) is 3.08. The quantitative estimate of drug-likeness (QED) is 0.784. The first-order valence-corrected chi connectivity index (χ1v) is 9.08. The number of hydrogen-bond donors (Lipinski definition) is 2. The smallest absolute Gasteiger partial charge is 0.251 e. The van der Waals surface area contributed by atoms with Crippen LogP contribution >= 0.6 is 12.4 Å². The fourth-order valence-electron chi connectivity index (χ4n) is 3.35. The minimum atomic E-state index is 0. The molecule has 1 atom stereocenters. The van der Waals surface area contributed by atoms with Gasteiger partial charge in [0.2, 0.25) is 0 Å². The molecule has 1 aliphatic heterocycles. The van der Waals surface area contributed by atoms with Gasteiger partial charge in [-0.1, -0.05) is 42.5 Å². The van der Waals surface area contributed by atoms with Crippen LogP contribution < -0.4 is 11.1 Å².